The summed E-state index contributed by atoms with van der Waals surface area (Å²) in [6.45, 7) is 0. The van der Waals surface area contributed by atoms with Crippen LogP contribution < -0.4 is 10.6 Å². The molecule has 37 heavy (non-hydrogen) atoms. The summed E-state index contributed by atoms with van der Waals surface area (Å²) in [7, 11) is -3.20. The van der Waals surface area contributed by atoms with Gasteiger partial charge in [0.2, 0.25) is 0 Å². The Kier molecular flexibility index (Phi) is 7.40. The van der Waals surface area contributed by atoms with Crippen LogP contribution in [0, 0.1) is 0 Å². The summed E-state index contributed by atoms with van der Waals surface area (Å²) in [5.41, 5.74) is 2.02. The predicted octanol–water partition coefficient (Wildman–Crippen LogP) is 4.49. The molecule has 7 nitrogen and oxygen atoms in total. The second-order valence-corrected chi connectivity index (χ2v) is 13.0. The monoisotopic (exact) mass is 549 g/mol. The minimum absolute atomic E-state index is 0.0271. The van der Waals surface area contributed by atoms with Crippen molar-refractivity contribution in [3.8, 4) is 0 Å². The highest BCUT2D eigenvalue weighted by Gasteiger charge is 2.31. The van der Waals surface area contributed by atoms with Crippen LogP contribution in [0.3, 0.4) is 0 Å². The number of para-hydroxylation sites is 1. The molecule has 1 aromatic heterocycles. The highest BCUT2D eigenvalue weighted by Crippen LogP contribution is 2.40. The number of hydrogen-bond acceptors (Lipinski definition) is 7. The molecule has 0 unspecified atom stereocenters. The second-order valence-electron chi connectivity index (χ2n) is 8.51. The number of hydrogen-bond donors (Lipinski definition) is 2. The summed E-state index contributed by atoms with van der Waals surface area (Å²) in [5, 5.41) is 5.65. The van der Waals surface area contributed by atoms with E-state index >= 15 is 0 Å². The first-order valence-electron chi connectivity index (χ1n) is 11.6. The first-order valence-corrected chi connectivity index (χ1v) is 15.0. The van der Waals surface area contributed by atoms with E-state index in [9.17, 15) is 18.0 Å². The lowest BCUT2D eigenvalue weighted by Crippen LogP contribution is -2.41. The number of rotatable bonds is 7. The number of carbonyl (C=O) groups excluding carboxylic acids is 2. The van der Waals surface area contributed by atoms with Gasteiger partial charge >= 0.3 is 0 Å². The normalized spacial score (nSPS) is 17.2. The van der Waals surface area contributed by atoms with E-state index in [0.717, 1.165) is 15.8 Å². The molecule has 2 N–H and O–H groups in total. The summed E-state index contributed by atoms with van der Waals surface area (Å²) in [6.07, 6.45) is 0.333. The zero-order chi connectivity index (χ0) is 25.8. The molecule has 10 heteroatoms. The Balaban J connectivity index is 1.58. The number of amides is 2. The molecule has 5 rings (SSSR count). The van der Waals surface area contributed by atoms with Crippen molar-refractivity contribution in [2.24, 2.45) is 0 Å². The molecule has 1 saturated heterocycles. The standard InChI is InChI=1S/C27H23N3O4S3/c31-25(19-11-5-2-6-12-19)30-23(26(32)28-20-15-16-37(33,34)17-20)24(18-9-3-1-4-10-18)36-27-29-21-13-7-8-14-22(21)35-27/h1-14,20H,15-17H2,(H,28,32)(H,30,31)/b24-23-/t20-/m0/s1. The molecule has 0 saturated carbocycles. The Labute approximate surface area is 222 Å². The van der Waals surface area contributed by atoms with Crippen LogP contribution in [0.1, 0.15) is 22.3 Å². The van der Waals surface area contributed by atoms with Crippen LogP contribution in [0.2, 0.25) is 0 Å². The largest absolute Gasteiger partial charge is 0.347 e. The van der Waals surface area contributed by atoms with Gasteiger partial charge in [-0.25, -0.2) is 13.4 Å². The maximum atomic E-state index is 13.6. The van der Waals surface area contributed by atoms with Gasteiger partial charge in [-0.05, 0) is 36.2 Å². The van der Waals surface area contributed by atoms with E-state index < -0.39 is 27.7 Å². The lowest BCUT2D eigenvalue weighted by atomic mass is 10.1. The summed E-state index contributed by atoms with van der Waals surface area (Å²) in [5.74, 6) is -1.08. The Hall–Kier alpha value is -3.47. The molecule has 0 spiro atoms. The number of aromatic nitrogens is 1. The van der Waals surface area contributed by atoms with Gasteiger partial charge < -0.3 is 10.6 Å². The number of thioether (sulfide) groups is 1. The Morgan fingerprint density at radius 2 is 1.54 bits per heavy atom. The summed E-state index contributed by atoms with van der Waals surface area (Å²) in [4.78, 5) is 32.0. The highest BCUT2D eigenvalue weighted by molar-refractivity contribution is 8.09. The van der Waals surface area contributed by atoms with Gasteiger partial charge in [0, 0.05) is 11.6 Å². The van der Waals surface area contributed by atoms with Gasteiger partial charge in [-0.15, -0.1) is 11.3 Å². The average molecular weight is 550 g/mol. The molecule has 0 aliphatic carbocycles. The fourth-order valence-corrected chi connectivity index (χ4v) is 7.86. The van der Waals surface area contributed by atoms with Gasteiger partial charge in [0.05, 0.1) is 26.6 Å². The van der Waals surface area contributed by atoms with Crippen LogP contribution in [0.5, 0.6) is 0 Å². The first-order chi connectivity index (χ1) is 17.9. The Morgan fingerprint density at radius 3 is 2.19 bits per heavy atom. The molecule has 0 radical (unpaired) electrons. The fraction of sp³-hybridized carbons (Fsp3) is 0.148. The van der Waals surface area contributed by atoms with Gasteiger partial charge in [0.15, 0.2) is 14.2 Å². The minimum atomic E-state index is -3.20. The molecule has 3 aromatic carbocycles. The minimum Gasteiger partial charge on any atom is -0.347 e. The van der Waals surface area contributed by atoms with Crippen molar-refractivity contribution in [3.05, 3.63) is 102 Å². The van der Waals surface area contributed by atoms with Crippen molar-refractivity contribution in [1.29, 1.82) is 0 Å². The van der Waals surface area contributed by atoms with E-state index in [0.29, 0.717) is 21.2 Å². The summed E-state index contributed by atoms with van der Waals surface area (Å²) >= 11 is 2.78. The summed E-state index contributed by atoms with van der Waals surface area (Å²) < 4.78 is 25.7. The smallest absolute Gasteiger partial charge is 0.269 e. The topological polar surface area (TPSA) is 105 Å². The maximum absolute atomic E-state index is 13.6. The van der Waals surface area contributed by atoms with Crippen molar-refractivity contribution < 1.29 is 18.0 Å². The molecule has 4 aromatic rings. The lowest BCUT2D eigenvalue weighted by molar-refractivity contribution is -0.118. The van der Waals surface area contributed by atoms with Crippen LogP contribution in [0.4, 0.5) is 0 Å². The number of fused-ring (bicyclic) bond motifs is 1. The Bertz CT molecular complexity index is 1550. The van der Waals surface area contributed by atoms with Gasteiger partial charge in [-0.2, -0.15) is 0 Å². The van der Waals surface area contributed by atoms with Crippen LogP contribution in [-0.2, 0) is 14.6 Å². The molecule has 1 atom stereocenters. The third kappa shape index (κ3) is 6.10. The van der Waals surface area contributed by atoms with Gasteiger partial charge in [-0.3, -0.25) is 9.59 Å². The average Bonchev–Trinajstić information content (AvgIpc) is 3.48. The number of carbonyl (C=O) groups is 2. The van der Waals surface area contributed by atoms with Gasteiger partial charge in [0.1, 0.15) is 5.70 Å². The SMILES string of the molecule is O=C(N[C@H]1CCS(=O)(=O)C1)/C(NC(=O)c1ccccc1)=C(/Sc1nc2ccccc2s1)c1ccccc1. The molecule has 0 bridgehead atoms. The van der Waals surface area contributed by atoms with Crippen LogP contribution in [0.15, 0.2) is 95.0 Å². The molecule has 1 fully saturated rings. The third-order valence-electron chi connectivity index (χ3n) is 5.80. The van der Waals surface area contributed by atoms with Crippen LogP contribution >= 0.6 is 23.1 Å². The molecule has 1 aliphatic rings. The number of nitrogens with one attached hydrogen (secondary N) is 2. The number of sulfone groups is 1. The quantitative estimate of drug-likeness (QED) is 0.260. The molecular formula is C27H23N3O4S3. The summed E-state index contributed by atoms with van der Waals surface area (Å²) in [6, 6.07) is 25.2. The van der Waals surface area contributed by atoms with E-state index in [1.165, 1.54) is 23.1 Å². The van der Waals surface area contributed by atoms with E-state index in [1.807, 2.05) is 54.6 Å². The van der Waals surface area contributed by atoms with E-state index in [2.05, 4.69) is 10.6 Å². The highest BCUT2D eigenvalue weighted by atomic mass is 32.2. The molecule has 2 heterocycles. The zero-order valence-corrected chi connectivity index (χ0v) is 22.0. The Morgan fingerprint density at radius 1 is 0.892 bits per heavy atom. The third-order valence-corrected chi connectivity index (χ3v) is 9.80. The van der Waals surface area contributed by atoms with E-state index in [-0.39, 0.29) is 17.2 Å². The number of thiazole rings is 1. The first kappa shape index (κ1) is 25.2. The zero-order valence-electron chi connectivity index (χ0n) is 19.6. The predicted molar refractivity (Wildman–Crippen MR) is 148 cm³/mol. The molecule has 188 valence electrons. The second kappa shape index (κ2) is 10.9. The van der Waals surface area contributed by atoms with Crippen LogP contribution in [0.25, 0.3) is 15.1 Å². The number of benzene rings is 3. The lowest BCUT2D eigenvalue weighted by Gasteiger charge is -2.18. The van der Waals surface area contributed by atoms with Crippen molar-refractivity contribution in [3.63, 3.8) is 0 Å². The van der Waals surface area contributed by atoms with Crippen molar-refractivity contribution in [1.82, 2.24) is 15.6 Å². The van der Waals surface area contributed by atoms with Crippen molar-refractivity contribution in [2.45, 2.75) is 16.8 Å². The van der Waals surface area contributed by atoms with Crippen molar-refractivity contribution in [2.75, 3.05) is 11.5 Å². The van der Waals surface area contributed by atoms with Crippen molar-refractivity contribution >= 4 is 59.9 Å². The molecular weight excluding hydrogens is 527 g/mol. The number of nitrogens with zero attached hydrogens (tertiary/aromatic N) is 1. The molecule has 1 aliphatic heterocycles. The fourth-order valence-electron chi connectivity index (χ4n) is 3.98. The molecule has 2 amide bonds. The van der Waals surface area contributed by atoms with Crippen LogP contribution in [-0.4, -0.2) is 42.8 Å². The van der Waals surface area contributed by atoms with Gasteiger partial charge in [0.25, 0.3) is 11.8 Å². The van der Waals surface area contributed by atoms with E-state index in [1.54, 1.807) is 30.3 Å². The maximum Gasteiger partial charge on any atom is 0.269 e. The van der Waals surface area contributed by atoms with Gasteiger partial charge in [-0.1, -0.05) is 72.4 Å². The van der Waals surface area contributed by atoms with E-state index in [4.69, 9.17) is 4.98 Å².